The van der Waals surface area contributed by atoms with Crippen molar-refractivity contribution in [1.29, 1.82) is 0 Å². The Bertz CT molecular complexity index is 750. The number of Topliss-reactive ketones (excluding diaryl/α,β-unsaturated/α-hetero) is 1. The van der Waals surface area contributed by atoms with Crippen molar-refractivity contribution in [2.75, 3.05) is 0 Å². The second kappa shape index (κ2) is 8.11. The predicted molar refractivity (Wildman–Crippen MR) is 93.4 cm³/mol. The smallest absolute Gasteiger partial charge is 0.162 e. The zero-order chi connectivity index (χ0) is 16.6. The average molecular weight is 320 g/mol. The van der Waals surface area contributed by atoms with Gasteiger partial charge in [0.15, 0.2) is 5.78 Å². The second-order valence-electron chi connectivity index (χ2n) is 5.62. The molecule has 0 spiro atoms. The first-order chi connectivity index (χ1) is 11.8. The van der Waals surface area contributed by atoms with E-state index in [0.717, 1.165) is 36.4 Å². The minimum absolute atomic E-state index is 0.173. The summed E-state index contributed by atoms with van der Waals surface area (Å²) in [7, 11) is 0. The molecular weight excluding hydrogens is 300 g/mol. The second-order valence-corrected chi connectivity index (χ2v) is 5.62. The van der Waals surface area contributed by atoms with Crippen molar-refractivity contribution < 1.29 is 9.53 Å². The van der Waals surface area contributed by atoms with Crippen molar-refractivity contribution in [3.05, 3.63) is 78.9 Å². The highest BCUT2D eigenvalue weighted by atomic mass is 16.5. The van der Waals surface area contributed by atoms with Crippen molar-refractivity contribution in [2.45, 2.75) is 25.8 Å². The molecule has 0 radical (unpaired) electrons. The third-order valence-electron chi connectivity index (χ3n) is 3.78. The Morgan fingerprint density at radius 1 is 0.958 bits per heavy atom. The Morgan fingerprint density at radius 2 is 1.71 bits per heavy atom. The molecule has 0 bridgehead atoms. The van der Waals surface area contributed by atoms with E-state index >= 15 is 0 Å². The zero-order valence-corrected chi connectivity index (χ0v) is 13.5. The highest BCUT2D eigenvalue weighted by molar-refractivity contribution is 5.96. The Balaban J connectivity index is 1.46. The maximum atomic E-state index is 12.2. The number of hydrogen-bond donors (Lipinski definition) is 0. The van der Waals surface area contributed by atoms with Crippen molar-refractivity contribution in [1.82, 2.24) is 9.55 Å². The van der Waals surface area contributed by atoms with E-state index < -0.39 is 0 Å². The molecule has 0 saturated carbocycles. The summed E-state index contributed by atoms with van der Waals surface area (Å²) in [6.45, 7) is 0.900. The van der Waals surface area contributed by atoms with E-state index in [1.807, 2.05) is 65.4 Å². The van der Waals surface area contributed by atoms with E-state index in [1.54, 1.807) is 12.5 Å². The van der Waals surface area contributed by atoms with Crippen LogP contribution in [-0.4, -0.2) is 15.3 Å². The summed E-state index contributed by atoms with van der Waals surface area (Å²) in [5.41, 5.74) is 0.734. The van der Waals surface area contributed by atoms with E-state index in [2.05, 4.69) is 4.98 Å². The molecule has 2 aromatic carbocycles. The molecule has 0 amide bonds. The average Bonchev–Trinajstić information content (AvgIpc) is 3.13. The number of carbonyl (C=O) groups is 1. The van der Waals surface area contributed by atoms with Gasteiger partial charge >= 0.3 is 0 Å². The summed E-state index contributed by atoms with van der Waals surface area (Å²) in [6.07, 6.45) is 7.91. The summed E-state index contributed by atoms with van der Waals surface area (Å²) < 4.78 is 7.76. The summed E-state index contributed by atoms with van der Waals surface area (Å²) in [5.74, 6) is 1.70. The number of ketones is 1. The number of nitrogens with zero attached hydrogens (tertiary/aromatic N) is 2. The first-order valence-electron chi connectivity index (χ1n) is 8.13. The number of para-hydroxylation sites is 1. The number of ether oxygens (including phenoxy) is 1. The lowest BCUT2D eigenvalue weighted by molar-refractivity contribution is 0.0979. The molecule has 0 N–H and O–H groups in total. The first-order valence-corrected chi connectivity index (χ1v) is 8.13. The third kappa shape index (κ3) is 4.56. The number of carbonyl (C=O) groups excluding carboxylic acids is 1. The highest BCUT2D eigenvalue weighted by Crippen LogP contribution is 2.21. The number of rotatable bonds is 8. The monoisotopic (exact) mass is 320 g/mol. The molecule has 0 atom stereocenters. The quantitative estimate of drug-likeness (QED) is 0.445. The summed E-state index contributed by atoms with van der Waals surface area (Å²) >= 11 is 0. The number of benzene rings is 2. The van der Waals surface area contributed by atoms with Crippen LogP contribution < -0.4 is 4.74 Å². The van der Waals surface area contributed by atoms with Crippen LogP contribution in [0.2, 0.25) is 0 Å². The van der Waals surface area contributed by atoms with Gasteiger partial charge in [0.1, 0.15) is 11.5 Å². The van der Waals surface area contributed by atoms with Gasteiger partial charge in [-0.1, -0.05) is 18.2 Å². The van der Waals surface area contributed by atoms with Gasteiger partial charge in [-0.3, -0.25) is 4.79 Å². The van der Waals surface area contributed by atoms with Crippen molar-refractivity contribution in [2.24, 2.45) is 0 Å². The molecule has 1 heterocycles. The number of imidazole rings is 1. The van der Waals surface area contributed by atoms with Gasteiger partial charge in [0.25, 0.3) is 0 Å². The van der Waals surface area contributed by atoms with E-state index in [9.17, 15) is 4.79 Å². The Labute approximate surface area is 141 Å². The molecule has 0 aliphatic rings. The lowest BCUT2D eigenvalue weighted by Gasteiger charge is -2.06. The molecule has 1 aromatic heterocycles. The molecular formula is C20H20N2O2. The van der Waals surface area contributed by atoms with Gasteiger partial charge in [-0.25, -0.2) is 4.98 Å². The number of aryl methyl sites for hydroxylation is 1. The van der Waals surface area contributed by atoms with E-state index in [-0.39, 0.29) is 5.78 Å². The molecule has 3 rings (SSSR count). The molecule has 4 heteroatoms. The van der Waals surface area contributed by atoms with Crippen LogP contribution in [0.15, 0.2) is 73.3 Å². The minimum Gasteiger partial charge on any atom is -0.457 e. The highest BCUT2D eigenvalue weighted by Gasteiger charge is 2.06. The molecule has 3 aromatic rings. The van der Waals surface area contributed by atoms with Gasteiger partial charge in [-0.2, -0.15) is 0 Å². The summed E-state index contributed by atoms with van der Waals surface area (Å²) in [4.78, 5) is 16.2. The van der Waals surface area contributed by atoms with Crippen LogP contribution in [0.1, 0.15) is 29.6 Å². The summed E-state index contributed by atoms with van der Waals surface area (Å²) in [6, 6.07) is 16.9. The Morgan fingerprint density at radius 3 is 2.42 bits per heavy atom. The third-order valence-corrected chi connectivity index (χ3v) is 3.78. The maximum absolute atomic E-state index is 12.2. The molecule has 0 fully saturated rings. The van der Waals surface area contributed by atoms with Crippen LogP contribution in [-0.2, 0) is 6.54 Å². The lowest BCUT2D eigenvalue weighted by Crippen LogP contribution is -2.01. The largest absolute Gasteiger partial charge is 0.457 e. The van der Waals surface area contributed by atoms with Gasteiger partial charge in [-0.15, -0.1) is 0 Å². The van der Waals surface area contributed by atoms with E-state index in [1.165, 1.54) is 0 Å². The number of unbranched alkanes of at least 4 members (excludes halogenated alkanes) is 1. The molecule has 24 heavy (non-hydrogen) atoms. The van der Waals surface area contributed by atoms with Crippen LogP contribution in [0, 0.1) is 0 Å². The van der Waals surface area contributed by atoms with Gasteiger partial charge in [0.05, 0.1) is 6.33 Å². The topological polar surface area (TPSA) is 44.1 Å². The van der Waals surface area contributed by atoms with Gasteiger partial charge in [-0.05, 0) is 49.2 Å². The van der Waals surface area contributed by atoms with Crippen LogP contribution in [0.5, 0.6) is 11.5 Å². The minimum atomic E-state index is 0.173. The zero-order valence-electron chi connectivity index (χ0n) is 13.5. The van der Waals surface area contributed by atoms with Crippen molar-refractivity contribution >= 4 is 5.78 Å². The Kier molecular flexibility index (Phi) is 5.40. The maximum Gasteiger partial charge on any atom is 0.162 e. The predicted octanol–water partition coefficient (Wildman–Crippen LogP) is 4.73. The first kappa shape index (κ1) is 16.0. The number of aromatic nitrogens is 2. The fourth-order valence-electron chi connectivity index (χ4n) is 2.48. The van der Waals surface area contributed by atoms with E-state index in [0.29, 0.717) is 6.42 Å². The molecule has 0 aliphatic carbocycles. The van der Waals surface area contributed by atoms with Gasteiger partial charge < -0.3 is 9.30 Å². The molecule has 122 valence electrons. The Hall–Kier alpha value is -2.88. The fourth-order valence-corrected chi connectivity index (χ4v) is 2.48. The van der Waals surface area contributed by atoms with Crippen LogP contribution >= 0.6 is 0 Å². The van der Waals surface area contributed by atoms with Gasteiger partial charge in [0.2, 0.25) is 0 Å². The lowest BCUT2D eigenvalue weighted by atomic mass is 10.1. The van der Waals surface area contributed by atoms with Crippen LogP contribution in [0.25, 0.3) is 0 Å². The number of hydrogen-bond acceptors (Lipinski definition) is 3. The molecule has 0 saturated heterocycles. The van der Waals surface area contributed by atoms with Gasteiger partial charge in [0, 0.05) is 30.9 Å². The normalized spacial score (nSPS) is 10.5. The molecule has 0 aliphatic heterocycles. The molecule has 4 nitrogen and oxygen atoms in total. The SMILES string of the molecule is O=C(CCCCn1ccnc1)c1ccc(Oc2ccccc2)cc1. The van der Waals surface area contributed by atoms with Crippen LogP contribution in [0.3, 0.4) is 0 Å². The fraction of sp³-hybridized carbons (Fsp3) is 0.200. The van der Waals surface area contributed by atoms with E-state index in [4.69, 9.17) is 4.74 Å². The summed E-state index contributed by atoms with van der Waals surface area (Å²) in [5, 5.41) is 0. The van der Waals surface area contributed by atoms with Crippen molar-refractivity contribution in [3.8, 4) is 11.5 Å². The standard InChI is InChI=1S/C20H20N2O2/c23-20(8-4-5-14-22-15-13-21-16-22)17-9-11-19(12-10-17)24-18-6-2-1-3-7-18/h1-3,6-7,9-13,15-16H,4-5,8,14H2. The van der Waals surface area contributed by atoms with Crippen LogP contribution in [0.4, 0.5) is 0 Å². The van der Waals surface area contributed by atoms with Crippen molar-refractivity contribution in [3.63, 3.8) is 0 Å². The molecule has 0 unspecified atom stereocenters.